The molecule has 0 bridgehead atoms. The molecule has 1 aliphatic carbocycles. The molecule has 6 nitrogen and oxygen atoms in total. The monoisotopic (exact) mass is 438 g/mol. The van der Waals surface area contributed by atoms with Crippen molar-refractivity contribution in [2.45, 2.75) is 30.7 Å². The van der Waals surface area contributed by atoms with E-state index in [1.807, 2.05) is 6.07 Å². The highest BCUT2D eigenvalue weighted by Gasteiger charge is 2.65. The van der Waals surface area contributed by atoms with Crippen molar-refractivity contribution in [1.82, 2.24) is 10.2 Å². The molecule has 3 aliphatic rings. The van der Waals surface area contributed by atoms with Gasteiger partial charge in [0.05, 0.1) is 0 Å². The molecule has 1 fully saturated rings. The Hall–Kier alpha value is -2.83. The summed E-state index contributed by atoms with van der Waals surface area (Å²) < 4.78 is 0. The van der Waals surface area contributed by atoms with Gasteiger partial charge in [0.25, 0.3) is 11.8 Å². The van der Waals surface area contributed by atoms with Crippen molar-refractivity contribution in [3.05, 3.63) is 75.0 Å². The molecular weight excluding hydrogens is 423 g/mol. The Morgan fingerprint density at radius 3 is 2.57 bits per heavy atom. The molecule has 2 aromatic carbocycles. The predicted molar refractivity (Wildman–Crippen MR) is 114 cm³/mol. The number of halogens is 2. The van der Waals surface area contributed by atoms with Gasteiger partial charge in [-0.05, 0) is 43.2 Å². The quantitative estimate of drug-likeness (QED) is 0.612. The smallest absolute Gasteiger partial charge is 0.280 e. The molecule has 3 aromatic rings. The predicted octanol–water partition coefficient (Wildman–Crippen LogP) is 4.62. The lowest BCUT2D eigenvalue weighted by Crippen LogP contribution is -2.50. The summed E-state index contributed by atoms with van der Waals surface area (Å²) in [6.45, 7) is 2.12. The minimum atomic E-state index is -1.37. The molecule has 1 aromatic heterocycles. The van der Waals surface area contributed by atoms with E-state index in [1.54, 1.807) is 36.4 Å². The highest BCUT2D eigenvalue weighted by Crippen LogP contribution is 2.58. The SMILES string of the molecule is CC1(c2[nH]nc3c2C2(C(=O)Nc4cc(Cl)ccc42)N(c2cccc(Cl)c2)C3=O)CC1. The third-order valence-corrected chi connectivity index (χ3v) is 6.96. The molecule has 1 spiro atoms. The molecule has 150 valence electrons. The zero-order chi connectivity index (χ0) is 20.8. The van der Waals surface area contributed by atoms with E-state index in [2.05, 4.69) is 22.4 Å². The maximum Gasteiger partial charge on any atom is 0.280 e. The van der Waals surface area contributed by atoms with Gasteiger partial charge in [0, 0.05) is 43.7 Å². The second-order valence-corrected chi connectivity index (χ2v) is 9.23. The topological polar surface area (TPSA) is 78.1 Å². The second-order valence-electron chi connectivity index (χ2n) is 8.36. The fraction of sp³-hybridized carbons (Fsp3) is 0.227. The summed E-state index contributed by atoms with van der Waals surface area (Å²) in [5.41, 5.74) is 2.05. The summed E-state index contributed by atoms with van der Waals surface area (Å²) in [4.78, 5) is 28.9. The number of hydrogen-bond acceptors (Lipinski definition) is 3. The number of benzene rings is 2. The zero-order valence-corrected chi connectivity index (χ0v) is 17.4. The van der Waals surface area contributed by atoms with Crippen LogP contribution in [0.5, 0.6) is 0 Å². The number of carbonyl (C=O) groups excluding carboxylic acids is 2. The van der Waals surface area contributed by atoms with Crippen LogP contribution in [0.15, 0.2) is 42.5 Å². The molecule has 1 atom stereocenters. The lowest BCUT2D eigenvalue weighted by Gasteiger charge is -2.35. The average molecular weight is 439 g/mol. The molecule has 2 N–H and O–H groups in total. The number of carbonyl (C=O) groups is 2. The summed E-state index contributed by atoms with van der Waals surface area (Å²) in [6, 6.07) is 12.2. The van der Waals surface area contributed by atoms with Gasteiger partial charge in [0.1, 0.15) is 0 Å². The highest BCUT2D eigenvalue weighted by atomic mass is 35.5. The van der Waals surface area contributed by atoms with E-state index in [0.717, 1.165) is 18.5 Å². The summed E-state index contributed by atoms with van der Waals surface area (Å²) in [6.07, 6.45) is 1.94. The van der Waals surface area contributed by atoms with Crippen molar-refractivity contribution in [3.8, 4) is 0 Å². The first kappa shape index (κ1) is 18.0. The molecule has 3 heterocycles. The van der Waals surface area contributed by atoms with Crippen LogP contribution >= 0.6 is 23.2 Å². The van der Waals surface area contributed by atoms with Crippen LogP contribution in [0.1, 0.15) is 47.1 Å². The number of H-pyrrole nitrogens is 1. The van der Waals surface area contributed by atoms with Crippen LogP contribution in [0, 0.1) is 0 Å². The molecule has 1 saturated carbocycles. The number of amides is 2. The van der Waals surface area contributed by atoms with Gasteiger partial charge >= 0.3 is 0 Å². The van der Waals surface area contributed by atoms with Crippen molar-refractivity contribution < 1.29 is 9.59 Å². The van der Waals surface area contributed by atoms with Crippen LogP contribution < -0.4 is 10.2 Å². The van der Waals surface area contributed by atoms with Gasteiger partial charge in [-0.25, -0.2) is 0 Å². The van der Waals surface area contributed by atoms with E-state index in [9.17, 15) is 9.59 Å². The largest absolute Gasteiger partial charge is 0.323 e. The molecule has 0 radical (unpaired) electrons. The van der Waals surface area contributed by atoms with Crippen LogP contribution in [0.3, 0.4) is 0 Å². The van der Waals surface area contributed by atoms with Gasteiger partial charge in [0.15, 0.2) is 11.2 Å². The number of nitrogens with one attached hydrogen (secondary N) is 2. The number of nitrogens with zero attached hydrogens (tertiary/aromatic N) is 2. The average Bonchev–Trinajstić information content (AvgIpc) is 3.08. The highest BCUT2D eigenvalue weighted by molar-refractivity contribution is 6.32. The number of hydrogen-bond donors (Lipinski definition) is 2. The third kappa shape index (κ3) is 2.08. The fourth-order valence-corrected chi connectivity index (χ4v) is 5.12. The Kier molecular flexibility index (Phi) is 3.39. The standard InChI is InChI=1S/C22H16Cl2N4O2/c1-21(7-8-21)18-16-17(26-27-18)19(29)28(13-4-2-3-11(23)9-13)22(16)14-6-5-12(24)10-15(14)25-20(22)30/h2-6,9-10H,7-8H2,1H3,(H,25,30)(H,26,27). The third-order valence-electron chi connectivity index (χ3n) is 6.49. The van der Waals surface area contributed by atoms with Gasteiger partial charge in [-0.1, -0.05) is 42.3 Å². The van der Waals surface area contributed by atoms with E-state index >= 15 is 0 Å². The number of fused-ring (bicyclic) bond motifs is 4. The molecule has 2 amide bonds. The Morgan fingerprint density at radius 1 is 1.07 bits per heavy atom. The van der Waals surface area contributed by atoms with Crippen LogP contribution in [0.25, 0.3) is 0 Å². The van der Waals surface area contributed by atoms with Crippen molar-refractivity contribution in [2.75, 3.05) is 10.2 Å². The van der Waals surface area contributed by atoms with Crippen LogP contribution in [0.4, 0.5) is 11.4 Å². The molecule has 6 rings (SSSR count). The zero-order valence-electron chi connectivity index (χ0n) is 15.9. The number of anilines is 2. The molecular formula is C22H16Cl2N4O2. The first-order chi connectivity index (χ1) is 14.4. The van der Waals surface area contributed by atoms with Crippen molar-refractivity contribution in [3.63, 3.8) is 0 Å². The van der Waals surface area contributed by atoms with Gasteiger partial charge in [-0.15, -0.1) is 0 Å². The normalized spacial score (nSPS) is 23.0. The molecule has 0 saturated heterocycles. The first-order valence-corrected chi connectivity index (χ1v) is 10.4. The summed E-state index contributed by atoms with van der Waals surface area (Å²) in [7, 11) is 0. The van der Waals surface area contributed by atoms with Gasteiger partial charge in [-0.3, -0.25) is 19.6 Å². The van der Waals surface area contributed by atoms with Crippen molar-refractivity contribution in [1.29, 1.82) is 0 Å². The summed E-state index contributed by atoms with van der Waals surface area (Å²) >= 11 is 12.4. The summed E-state index contributed by atoms with van der Waals surface area (Å²) in [5, 5.41) is 11.4. The van der Waals surface area contributed by atoms with Crippen LogP contribution in [-0.4, -0.2) is 22.0 Å². The molecule has 2 aliphatic heterocycles. The Labute approximate surface area is 182 Å². The van der Waals surface area contributed by atoms with Gasteiger partial charge < -0.3 is 5.32 Å². The van der Waals surface area contributed by atoms with Crippen LogP contribution in [-0.2, 0) is 15.7 Å². The Balaban J connectivity index is 1.72. The molecule has 1 unspecified atom stereocenters. The van der Waals surface area contributed by atoms with E-state index in [0.29, 0.717) is 32.5 Å². The Bertz CT molecular complexity index is 1280. The van der Waals surface area contributed by atoms with Crippen molar-refractivity contribution >= 4 is 46.4 Å². The lowest BCUT2D eigenvalue weighted by atomic mass is 9.81. The van der Waals surface area contributed by atoms with E-state index in [-0.39, 0.29) is 22.9 Å². The van der Waals surface area contributed by atoms with E-state index in [1.165, 1.54) is 4.90 Å². The number of aromatic nitrogens is 2. The lowest BCUT2D eigenvalue weighted by molar-refractivity contribution is -0.119. The maximum atomic E-state index is 13.7. The van der Waals surface area contributed by atoms with Gasteiger partial charge in [0.2, 0.25) is 0 Å². The van der Waals surface area contributed by atoms with E-state index in [4.69, 9.17) is 23.2 Å². The molecule has 30 heavy (non-hydrogen) atoms. The summed E-state index contributed by atoms with van der Waals surface area (Å²) in [5.74, 6) is -0.643. The number of aromatic amines is 1. The maximum absolute atomic E-state index is 13.7. The van der Waals surface area contributed by atoms with Crippen LogP contribution in [0.2, 0.25) is 10.0 Å². The fourth-order valence-electron chi connectivity index (χ4n) is 4.76. The minimum Gasteiger partial charge on any atom is -0.323 e. The Morgan fingerprint density at radius 2 is 1.83 bits per heavy atom. The van der Waals surface area contributed by atoms with Gasteiger partial charge in [-0.2, -0.15) is 5.10 Å². The first-order valence-electron chi connectivity index (χ1n) is 9.67. The van der Waals surface area contributed by atoms with Crippen molar-refractivity contribution in [2.24, 2.45) is 0 Å². The van der Waals surface area contributed by atoms with E-state index < -0.39 is 5.54 Å². The second kappa shape index (κ2) is 5.65. The minimum absolute atomic E-state index is 0.131. The number of rotatable bonds is 2. The molecule has 8 heteroatoms.